The number of fused-ring (bicyclic) bond motifs is 2. The summed E-state index contributed by atoms with van der Waals surface area (Å²) < 4.78 is 26.7. The average Bonchev–Trinajstić information content (AvgIpc) is 2.86. The minimum Gasteiger partial charge on any atom is -0.339 e. The summed E-state index contributed by atoms with van der Waals surface area (Å²) in [5.41, 5.74) is 3.63. The van der Waals surface area contributed by atoms with Gasteiger partial charge in [0.15, 0.2) is 0 Å². The summed E-state index contributed by atoms with van der Waals surface area (Å²) in [5.74, 6) is 0. The largest absolute Gasteiger partial charge is 0.339 e. The molecule has 2 aromatic rings. The Labute approximate surface area is 221 Å². The number of rotatable bonds is 17. The van der Waals surface area contributed by atoms with Crippen molar-refractivity contribution in [3.8, 4) is 0 Å². The van der Waals surface area contributed by atoms with Crippen LogP contribution in [0, 0.1) is 13.8 Å². The van der Waals surface area contributed by atoms with Crippen molar-refractivity contribution in [2.45, 2.75) is 133 Å². The van der Waals surface area contributed by atoms with Gasteiger partial charge >= 0.3 is 0 Å². The topological polar surface area (TPSA) is 37.4 Å². The maximum Gasteiger partial charge on any atom is 0.210 e. The van der Waals surface area contributed by atoms with Gasteiger partial charge in [-0.3, -0.25) is 0 Å². The Morgan fingerprint density at radius 2 is 0.917 bits per heavy atom. The SMILES string of the molecule is CCCCCCCCCCCCCCCCCCN1c2ccc(C)cc2S(=O)(=O)c2cc(C)ccc21. The Morgan fingerprint density at radius 3 is 1.31 bits per heavy atom. The third kappa shape index (κ3) is 8.10. The molecule has 0 N–H and O–H groups in total. The van der Waals surface area contributed by atoms with E-state index in [1.807, 2.05) is 50.2 Å². The number of anilines is 2. The summed E-state index contributed by atoms with van der Waals surface area (Å²) in [4.78, 5) is 3.14. The van der Waals surface area contributed by atoms with Crippen LogP contribution in [0.2, 0.25) is 0 Å². The second-order valence-electron chi connectivity index (χ2n) is 10.9. The van der Waals surface area contributed by atoms with Crippen LogP contribution in [0.15, 0.2) is 46.2 Å². The first kappa shape index (κ1) is 28.8. The first-order chi connectivity index (χ1) is 17.4. The maximum atomic E-state index is 13.3. The van der Waals surface area contributed by atoms with Gasteiger partial charge in [0.05, 0.1) is 21.2 Å². The Bertz CT molecular complexity index is 985. The smallest absolute Gasteiger partial charge is 0.210 e. The van der Waals surface area contributed by atoms with E-state index < -0.39 is 9.84 Å². The van der Waals surface area contributed by atoms with Crippen LogP contribution in [0.3, 0.4) is 0 Å². The van der Waals surface area contributed by atoms with Crippen molar-refractivity contribution in [3.63, 3.8) is 0 Å². The highest BCUT2D eigenvalue weighted by atomic mass is 32.2. The number of unbranched alkanes of at least 4 members (excludes halogenated alkanes) is 15. The molecular formula is C32H49NO2S. The fourth-order valence-electron chi connectivity index (χ4n) is 5.43. The zero-order valence-corrected chi connectivity index (χ0v) is 24.0. The molecule has 0 spiro atoms. The zero-order valence-electron chi connectivity index (χ0n) is 23.2. The molecule has 36 heavy (non-hydrogen) atoms. The lowest BCUT2D eigenvalue weighted by atomic mass is 10.0. The van der Waals surface area contributed by atoms with Crippen molar-refractivity contribution in [1.82, 2.24) is 0 Å². The van der Waals surface area contributed by atoms with Gasteiger partial charge in [-0.25, -0.2) is 8.42 Å². The molecule has 0 saturated carbocycles. The van der Waals surface area contributed by atoms with Gasteiger partial charge in [0, 0.05) is 6.54 Å². The van der Waals surface area contributed by atoms with E-state index in [1.54, 1.807) is 0 Å². The van der Waals surface area contributed by atoms with E-state index in [2.05, 4.69) is 11.8 Å². The number of aryl methyl sites for hydroxylation is 2. The number of hydrogen-bond donors (Lipinski definition) is 0. The highest BCUT2D eigenvalue weighted by molar-refractivity contribution is 7.92. The summed E-state index contributed by atoms with van der Waals surface area (Å²) in [6, 6.07) is 11.7. The highest BCUT2D eigenvalue weighted by Gasteiger charge is 2.34. The first-order valence-electron chi connectivity index (χ1n) is 14.7. The number of benzene rings is 2. The highest BCUT2D eigenvalue weighted by Crippen LogP contribution is 2.44. The average molecular weight is 512 g/mol. The molecule has 0 bridgehead atoms. The molecule has 0 aliphatic carbocycles. The second kappa shape index (κ2) is 14.8. The molecule has 3 nitrogen and oxygen atoms in total. The fourth-order valence-corrected chi connectivity index (χ4v) is 7.25. The second-order valence-corrected chi connectivity index (χ2v) is 12.8. The predicted molar refractivity (Wildman–Crippen MR) is 154 cm³/mol. The standard InChI is InChI=1S/C32H49NO2S/c1-4-5-6-7-8-9-10-11-12-13-14-15-16-17-18-19-24-33-29-22-20-27(2)25-31(29)36(34,35)32-26-28(3)21-23-30(32)33/h20-23,25-26H,4-19,24H2,1-3H3. The molecule has 0 radical (unpaired) electrons. The number of hydrogen-bond acceptors (Lipinski definition) is 3. The minimum atomic E-state index is -3.48. The summed E-state index contributed by atoms with van der Waals surface area (Å²) in [7, 11) is -3.48. The van der Waals surface area contributed by atoms with Crippen molar-refractivity contribution in [1.29, 1.82) is 0 Å². The lowest BCUT2D eigenvalue weighted by molar-refractivity contribution is 0.530. The molecule has 1 aliphatic rings. The zero-order chi connectivity index (χ0) is 25.8. The Balaban J connectivity index is 1.35. The third-order valence-corrected chi connectivity index (χ3v) is 9.44. The number of nitrogens with zero attached hydrogens (tertiary/aromatic N) is 1. The first-order valence-corrected chi connectivity index (χ1v) is 16.2. The van der Waals surface area contributed by atoms with Crippen molar-refractivity contribution in [2.75, 3.05) is 11.4 Å². The summed E-state index contributed by atoms with van der Waals surface area (Å²) in [5, 5.41) is 0. The molecule has 0 saturated heterocycles. The Hall–Kier alpha value is -1.81. The van der Waals surface area contributed by atoms with E-state index in [1.165, 1.54) is 96.3 Å². The fraction of sp³-hybridized carbons (Fsp3) is 0.625. The summed E-state index contributed by atoms with van der Waals surface area (Å²) in [6.07, 6.45) is 21.7. The van der Waals surface area contributed by atoms with Crippen LogP contribution in [-0.4, -0.2) is 15.0 Å². The van der Waals surface area contributed by atoms with Gasteiger partial charge in [-0.15, -0.1) is 0 Å². The van der Waals surface area contributed by atoms with Crippen LogP contribution >= 0.6 is 0 Å². The molecule has 1 heterocycles. The maximum absolute atomic E-state index is 13.3. The molecule has 0 unspecified atom stereocenters. The normalized spacial score (nSPS) is 14.0. The number of sulfone groups is 1. The molecule has 2 aromatic carbocycles. The molecule has 0 fully saturated rings. The van der Waals surface area contributed by atoms with Crippen LogP contribution in [0.25, 0.3) is 0 Å². The van der Waals surface area contributed by atoms with Gasteiger partial charge in [-0.1, -0.05) is 115 Å². The van der Waals surface area contributed by atoms with Crippen LogP contribution in [0.1, 0.15) is 121 Å². The van der Waals surface area contributed by atoms with Crippen LogP contribution in [0.5, 0.6) is 0 Å². The van der Waals surface area contributed by atoms with Gasteiger partial charge in [0.1, 0.15) is 0 Å². The van der Waals surface area contributed by atoms with Crippen molar-refractivity contribution < 1.29 is 8.42 Å². The van der Waals surface area contributed by atoms with Crippen LogP contribution in [0.4, 0.5) is 11.4 Å². The molecule has 4 heteroatoms. The monoisotopic (exact) mass is 511 g/mol. The van der Waals surface area contributed by atoms with E-state index in [9.17, 15) is 8.42 Å². The van der Waals surface area contributed by atoms with Crippen molar-refractivity contribution >= 4 is 21.2 Å². The van der Waals surface area contributed by atoms with E-state index in [0.717, 1.165) is 35.5 Å². The van der Waals surface area contributed by atoms with Crippen molar-refractivity contribution in [3.05, 3.63) is 47.5 Å². The van der Waals surface area contributed by atoms with Gasteiger partial charge in [0.25, 0.3) is 0 Å². The predicted octanol–water partition coefficient (Wildman–Crippen LogP) is 9.85. The molecule has 3 rings (SSSR count). The molecule has 1 aliphatic heterocycles. The van der Waals surface area contributed by atoms with Crippen LogP contribution in [-0.2, 0) is 9.84 Å². The van der Waals surface area contributed by atoms with E-state index in [0.29, 0.717) is 9.79 Å². The van der Waals surface area contributed by atoms with E-state index in [4.69, 9.17) is 0 Å². The Morgan fingerprint density at radius 1 is 0.556 bits per heavy atom. The van der Waals surface area contributed by atoms with Crippen molar-refractivity contribution in [2.24, 2.45) is 0 Å². The lowest BCUT2D eigenvalue weighted by Crippen LogP contribution is -2.27. The van der Waals surface area contributed by atoms with Crippen LogP contribution < -0.4 is 4.90 Å². The Kier molecular flexibility index (Phi) is 11.8. The summed E-state index contributed by atoms with van der Waals surface area (Å²) in [6.45, 7) is 7.06. The third-order valence-electron chi connectivity index (χ3n) is 7.63. The quantitative estimate of drug-likeness (QED) is 0.198. The van der Waals surface area contributed by atoms with Gasteiger partial charge in [0.2, 0.25) is 9.84 Å². The molecule has 0 aromatic heterocycles. The lowest BCUT2D eigenvalue weighted by Gasteiger charge is -2.33. The molecule has 0 amide bonds. The molecule has 200 valence electrons. The van der Waals surface area contributed by atoms with Gasteiger partial charge in [-0.2, -0.15) is 0 Å². The van der Waals surface area contributed by atoms with E-state index in [-0.39, 0.29) is 0 Å². The van der Waals surface area contributed by atoms with Gasteiger partial charge in [-0.05, 0) is 55.7 Å². The minimum absolute atomic E-state index is 0.456. The molecular weight excluding hydrogens is 462 g/mol. The van der Waals surface area contributed by atoms with E-state index >= 15 is 0 Å². The van der Waals surface area contributed by atoms with Gasteiger partial charge < -0.3 is 4.90 Å². The molecule has 0 atom stereocenters. The summed E-state index contributed by atoms with van der Waals surface area (Å²) >= 11 is 0.